The quantitative estimate of drug-likeness (QED) is 0.864. The van der Waals surface area contributed by atoms with Crippen molar-refractivity contribution in [2.45, 2.75) is 45.8 Å². The van der Waals surface area contributed by atoms with E-state index in [1.807, 2.05) is 20.8 Å². The fourth-order valence-electron chi connectivity index (χ4n) is 3.42. The number of hydrogen-bond donors (Lipinski definition) is 1. The number of aromatic nitrogens is 2. The smallest absolute Gasteiger partial charge is 0.410 e. The molecule has 8 nitrogen and oxygen atoms in total. The number of carbonyl (C=O) groups excluding carboxylic acids is 1. The van der Waals surface area contributed by atoms with Crippen molar-refractivity contribution in [1.82, 2.24) is 14.7 Å². The molecule has 2 heterocycles. The van der Waals surface area contributed by atoms with E-state index in [4.69, 9.17) is 4.74 Å². The van der Waals surface area contributed by atoms with Crippen molar-refractivity contribution in [1.29, 1.82) is 0 Å². The summed E-state index contributed by atoms with van der Waals surface area (Å²) in [5.41, 5.74) is -0.442. The Labute approximate surface area is 162 Å². The van der Waals surface area contributed by atoms with Crippen LogP contribution in [0.15, 0.2) is 29.1 Å². The van der Waals surface area contributed by atoms with Crippen molar-refractivity contribution >= 4 is 22.8 Å². The van der Waals surface area contributed by atoms with Gasteiger partial charge in [0.1, 0.15) is 5.60 Å². The molecule has 0 radical (unpaired) electrons. The Morgan fingerprint density at radius 1 is 1.25 bits per heavy atom. The maximum atomic E-state index is 12.8. The van der Waals surface area contributed by atoms with Crippen molar-refractivity contribution in [3.05, 3.63) is 40.3 Å². The number of carboxylic acids is 1. The predicted molar refractivity (Wildman–Crippen MR) is 103 cm³/mol. The Balaban J connectivity index is 1.81. The van der Waals surface area contributed by atoms with Crippen LogP contribution in [0.1, 0.15) is 32.9 Å². The van der Waals surface area contributed by atoms with Crippen LogP contribution in [0, 0.1) is 5.92 Å². The van der Waals surface area contributed by atoms with Crippen molar-refractivity contribution in [3.63, 3.8) is 0 Å². The first-order chi connectivity index (χ1) is 13.1. The topological polar surface area (TPSA) is 102 Å². The van der Waals surface area contributed by atoms with Gasteiger partial charge < -0.3 is 14.7 Å². The van der Waals surface area contributed by atoms with Gasteiger partial charge >= 0.3 is 12.1 Å². The number of rotatable bonds is 4. The Morgan fingerprint density at radius 2 is 1.93 bits per heavy atom. The van der Waals surface area contributed by atoms with E-state index in [9.17, 15) is 19.5 Å². The molecule has 3 rings (SSSR count). The monoisotopic (exact) mass is 387 g/mol. The second-order valence-electron chi connectivity index (χ2n) is 8.13. The van der Waals surface area contributed by atoms with E-state index in [2.05, 4.69) is 5.10 Å². The Bertz CT molecular complexity index is 960. The molecular weight excluding hydrogens is 362 g/mol. The van der Waals surface area contributed by atoms with Crippen LogP contribution in [-0.4, -0.2) is 50.5 Å². The fourth-order valence-corrected chi connectivity index (χ4v) is 3.42. The number of carbonyl (C=O) groups is 2. The van der Waals surface area contributed by atoms with Gasteiger partial charge in [-0.1, -0.05) is 18.2 Å². The first-order valence-electron chi connectivity index (χ1n) is 9.32. The number of carboxylic acid groups (broad SMARTS) is 1. The third kappa shape index (κ3) is 4.49. The number of likely N-dealkylation sites (tertiary alicyclic amines) is 1. The first kappa shape index (κ1) is 19.9. The summed E-state index contributed by atoms with van der Waals surface area (Å²) < 4.78 is 6.74. The number of fused-ring (bicyclic) bond motifs is 1. The molecule has 28 heavy (non-hydrogen) atoms. The maximum absolute atomic E-state index is 12.8. The van der Waals surface area contributed by atoms with E-state index in [1.165, 1.54) is 4.68 Å². The zero-order chi connectivity index (χ0) is 20.5. The van der Waals surface area contributed by atoms with Gasteiger partial charge in [-0.3, -0.25) is 9.59 Å². The minimum absolute atomic E-state index is 0.0524. The third-order valence-corrected chi connectivity index (χ3v) is 4.63. The van der Waals surface area contributed by atoms with Crippen molar-refractivity contribution in [3.8, 4) is 0 Å². The van der Waals surface area contributed by atoms with Crippen LogP contribution >= 0.6 is 0 Å². The molecule has 150 valence electrons. The Hall–Kier alpha value is -2.90. The van der Waals surface area contributed by atoms with E-state index in [1.54, 1.807) is 29.2 Å². The van der Waals surface area contributed by atoms with E-state index < -0.39 is 11.6 Å². The molecule has 1 amide bonds. The van der Waals surface area contributed by atoms with Gasteiger partial charge in [-0.15, -0.1) is 0 Å². The van der Waals surface area contributed by atoms with Gasteiger partial charge in [0.2, 0.25) is 0 Å². The lowest BCUT2D eigenvalue weighted by Gasteiger charge is -2.24. The number of benzene rings is 1. The minimum atomic E-state index is -1.00. The Kier molecular flexibility index (Phi) is 5.40. The van der Waals surface area contributed by atoms with Gasteiger partial charge in [-0.2, -0.15) is 5.10 Å². The lowest BCUT2D eigenvalue weighted by Crippen LogP contribution is -2.36. The van der Waals surface area contributed by atoms with Gasteiger partial charge in [0, 0.05) is 25.0 Å². The number of nitrogens with zero attached hydrogens (tertiary/aromatic N) is 3. The molecule has 1 aliphatic heterocycles. The second kappa shape index (κ2) is 7.61. The summed E-state index contributed by atoms with van der Waals surface area (Å²) in [6.45, 7) is 6.83. The second-order valence-corrected chi connectivity index (χ2v) is 8.13. The van der Waals surface area contributed by atoms with Crippen LogP contribution in [0.5, 0.6) is 0 Å². The summed E-state index contributed by atoms with van der Waals surface area (Å²) in [6, 6.07) is 6.91. The fraction of sp³-hybridized carbons (Fsp3) is 0.500. The molecule has 8 heteroatoms. The van der Waals surface area contributed by atoms with Gasteiger partial charge in [0.15, 0.2) is 0 Å². The van der Waals surface area contributed by atoms with E-state index in [-0.39, 0.29) is 24.0 Å². The van der Waals surface area contributed by atoms with E-state index >= 15 is 0 Å². The number of aliphatic carboxylic acids is 1. The highest BCUT2D eigenvalue weighted by Crippen LogP contribution is 2.21. The highest BCUT2D eigenvalue weighted by atomic mass is 16.6. The molecule has 1 atom stereocenters. The molecule has 2 aromatic rings. The summed E-state index contributed by atoms with van der Waals surface area (Å²) in [5, 5.41) is 14.5. The lowest BCUT2D eigenvalue weighted by atomic mass is 10.1. The molecule has 0 spiro atoms. The van der Waals surface area contributed by atoms with Gasteiger partial charge in [0.05, 0.1) is 17.5 Å². The van der Waals surface area contributed by atoms with Crippen molar-refractivity contribution < 1.29 is 19.4 Å². The molecule has 0 aliphatic carbocycles. The van der Waals surface area contributed by atoms with Crippen molar-refractivity contribution in [2.75, 3.05) is 13.1 Å². The molecule has 1 aromatic carbocycles. The third-order valence-electron chi connectivity index (χ3n) is 4.63. The largest absolute Gasteiger partial charge is 0.481 e. The highest BCUT2D eigenvalue weighted by Gasteiger charge is 2.30. The van der Waals surface area contributed by atoms with Crippen LogP contribution in [0.4, 0.5) is 4.79 Å². The summed E-state index contributed by atoms with van der Waals surface area (Å²) >= 11 is 0. The van der Waals surface area contributed by atoms with Crippen molar-refractivity contribution in [2.24, 2.45) is 5.92 Å². The first-order valence-corrected chi connectivity index (χ1v) is 9.32. The van der Waals surface area contributed by atoms with Gasteiger partial charge in [0.25, 0.3) is 5.56 Å². The summed E-state index contributed by atoms with van der Waals surface area (Å²) in [5.74, 6) is -0.948. The SMILES string of the molecule is CC(C)(C)OC(=O)N1CCC(Cn2nc(CC(=O)O)c3ccccc3c2=O)C1. The highest BCUT2D eigenvalue weighted by molar-refractivity contribution is 5.86. The number of hydrogen-bond acceptors (Lipinski definition) is 5. The average Bonchev–Trinajstić information content (AvgIpc) is 3.06. The number of ether oxygens (including phenoxy) is 1. The summed E-state index contributed by atoms with van der Waals surface area (Å²) in [6.07, 6.45) is 0.115. The van der Waals surface area contributed by atoms with Crippen LogP contribution in [-0.2, 0) is 22.5 Å². The maximum Gasteiger partial charge on any atom is 0.410 e. The van der Waals surface area contributed by atoms with Crippen LogP contribution in [0.3, 0.4) is 0 Å². The lowest BCUT2D eigenvalue weighted by molar-refractivity contribution is -0.136. The molecule has 1 unspecified atom stereocenters. The molecule has 0 saturated carbocycles. The zero-order valence-corrected chi connectivity index (χ0v) is 16.3. The summed E-state index contributed by atoms with van der Waals surface area (Å²) in [4.78, 5) is 37.9. The van der Waals surface area contributed by atoms with Crippen LogP contribution in [0.2, 0.25) is 0 Å². The Morgan fingerprint density at radius 3 is 2.57 bits per heavy atom. The molecule has 1 fully saturated rings. The van der Waals surface area contributed by atoms with Gasteiger partial charge in [-0.25, -0.2) is 9.48 Å². The molecule has 1 N–H and O–H groups in total. The van der Waals surface area contributed by atoms with Gasteiger partial charge in [-0.05, 0) is 39.2 Å². The zero-order valence-electron chi connectivity index (χ0n) is 16.3. The van der Waals surface area contributed by atoms with Crippen LogP contribution in [0.25, 0.3) is 10.8 Å². The molecule has 1 aromatic heterocycles. The van der Waals surface area contributed by atoms with E-state index in [0.717, 1.165) is 6.42 Å². The average molecular weight is 387 g/mol. The molecule has 1 saturated heterocycles. The molecule has 1 aliphatic rings. The predicted octanol–water partition coefficient (Wildman–Crippen LogP) is 2.28. The minimum Gasteiger partial charge on any atom is -0.481 e. The molecule has 0 bridgehead atoms. The normalized spacial score (nSPS) is 17.1. The number of amides is 1. The standard InChI is InChI=1S/C20H25N3O5/c1-20(2,3)28-19(27)22-9-8-13(11-22)12-23-18(26)15-7-5-4-6-14(15)16(21-23)10-17(24)25/h4-7,13H,8-12H2,1-3H3,(H,24,25). The molecular formula is C20H25N3O5. The summed E-state index contributed by atoms with van der Waals surface area (Å²) in [7, 11) is 0. The van der Waals surface area contributed by atoms with E-state index in [0.29, 0.717) is 36.1 Å². The van der Waals surface area contributed by atoms with Crippen LogP contribution < -0.4 is 5.56 Å².